The van der Waals surface area contributed by atoms with Gasteiger partial charge < -0.3 is 14.9 Å². The van der Waals surface area contributed by atoms with Crippen LogP contribution in [0.15, 0.2) is 18.2 Å². The molecular weight excluding hydrogens is 256 g/mol. The van der Waals surface area contributed by atoms with Crippen LogP contribution >= 0.6 is 0 Å². The summed E-state index contributed by atoms with van der Waals surface area (Å²) in [5.41, 5.74) is 1.30. The van der Waals surface area contributed by atoms with Crippen LogP contribution in [0.5, 0.6) is 5.75 Å². The molecule has 0 aliphatic carbocycles. The number of aromatic hydroxyl groups is 1. The molecule has 2 heterocycles. The lowest BCUT2D eigenvalue weighted by atomic mass is 10.1. The third-order valence-electron chi connectivity index (χ3n) is 4.16. The van der Waals surface area contributed by atoms with Crippen molar-refractivity contribution in [2.45, 2.75) is 25.8 Å². The number of nitrogens with zero attached hydrogens (tertiary/aromatic N) is 2. The number of phenols is 1. The summed E-state index contributed by atoms with van der Waals surface area (Å²) < 4.78 is 0. The van der Waals surface area contributed by atoms with Crippen molar-refractivity contribution < 1.29 is 14.7 Å². The van der Waals surface area contributed by atoms with Gasteiger partial charge in [-0.2, -0.15) is 0 Å². The van der Waals surface area contributed by atoms with Crippen LogP contribution in [0.2, 0.25) is 0 Å². The van der Waals surface area contributed by atoms with E-state index in [2.05, 4.69) is 0 Å². The van der Waals surface area contributed by atoms with Crippen LogP contribution in [0.4, 0.5) is 0 Å². The minimum absolute atomic E-state index is 0.0190. The van der Waals surface area contributed by atoms with Crippen molar-refractivity contribution in [3.05, 3.63) is 29.3 Å². The molecule has 2 aliphatic rings. The van der Waals surface area contributed by atoms with Crippen molar-refractivity contribution in [1.29, 1.82) is 0 Å². The fourth-order valence-corrected chi connectivity index (χ4v) is 3.04. The molecule has 2 saturated heterocycles. The molecule has 5 heteroatoms. The Balaban J connectivity index is 1.78. The summed E-state index contributed by atoms with van der Waals surface area (Å²) >= 11 is 0. The average molecular weight is 274 g/mol. The Morgan fingerprint density at radius 2 is 2.15 bits per heavy atom. The Hall–Kier alpha value is -2.04. The fraction of sp³-hybridized carbons (Fsp3) is 0.467. The SMILES string of the molecule is Cc1ccc(O)c(C(=O)N2CCN3C(=O)CC[C@@H]3C2)c1. The molecule has 2 amide bonds. The van der Waals surface area contributed by atoms with Crippen molar-refractivity contribution in [2.75, 3.05) is 19.6 Å². The second kappa shape index (κ2) is 4.81. The van der Waals surface area contributed by atoms with Crippen molar-refractivity contribution >= 4 is 11.8 Å². The highest BCUT2D eigenvalue weighted by molar-refractivity contribution is 5.97. The van der Waals surface area contributed by atoms with E-state index in [1.54, 1.807) is 23.1 Å². The molecule has 0 spiro atoms. The third-order valence-corrected chi connectivity index (χ3v) is 4.16. The number of carbonyl (C=O) groups is 2. The molecule has 0 bridgehead atoms. The third kappa shape index (κ3) is 2.13. The first-order valence-corrected chi connectivity index (χ1v) is 6.94. The number of phenolic OH excluding ortho intramolecular Hbond substituents is 1. The van der Waals surface area contributed by atoms with Crippen LogP contribution in [0.25, 0.3) is 0 Å². The zero-order chi connectivity index (χ0) is 14.3. The number of piperazine rings is 1. The Morgan fingerprint density at radius 3 is 2.95 bits per heavy atom. The van der Waals surface area contributed by atoms with Gasteiger partial charge >= 0.3 is 0 Å². The van der Waals surface area contributed by atoms with Crippen molar-refractivity contribution in [3.8, 4) is 5.75 Å². The molecule has 0 aromatic heterocycles. The second-order valence-electron chi connectivity index (χ2n) is 5.55. The number of benzene rings is 1. The van der Waals surface area contributed by atoms with Crippen LogP contribution in [0.1, 0.15) is 28.8 Å². The number of carbonyl (C=O) groups excluding carboxylic acids is 2. The molecule has 2 fully saturated rings. The van der Waals surface area contributed by atoms with E-state index in [1.807, 2.05) is 11.8 Å². The molecule has 106 valence electrons. The van der Waals surface area contributed by atoms with Gasteiger partial charge in [0.2, 0.25) is 5.91 Å². The molecule has 1 atom stereocenters. The molecule has 2 aliphatic heterocycles. The number of hydrogen-bond donors (Lipinski definition) is 1. The molecule has 0 unspecified atom stereocenters. The summed E-state index contributed by atoms with van der Waals surface area (Å²) in [7, 11) is 0. The van der Waals surface area contributed by atoms with Gasteiger partial charge in [0, 0.05) is 32.1 Å². The molecule has 1 aromatic carbocycles. The molecular formula is C15H18N2O3. The summed E-state index contributed by atoms with van der Waals surface area (Å²) in [6.07, 6.45) is 1.41. The first-order chi connectivity index (χ1) is 9.56. The number of rotatable bonds is 1. The second-order valence-corrected chi connectivity index (χ2v) is 5.55. The van der Waals surface area contributed by atoms with Gasteiger partial charge in [0.15, 0.2) is 0 Å². The van der Waals surface area contributed by atoms with Crippen molar-refractivity contribution in [1.82, 2.24) is 9.80 Å². The Morgan fingerprint density at radius 1 is 1.35 bits per heavy atom. The number of aryl methyl sites for hydroxylation is 1. The number of hydrogen-bond acceptors (Lipinski definition) is 3. The lowest BCUT2D eigenvalue weighted by Crippen LogP contribution is -2.53. The molecule has 1 aromatic rings. The quantitative estimate of drug-likeness (QED) is 0.835. The van der Waals surface area contributed by atoms with Gasteiger partial charge in [-0.3, -0.25) is 9.59 Å². The lowest BCUT2D eigenvalue weighted by Gasteiger charge is -2.37. The maximum Gasteiger partial charge on any atom is 0.257 e. The van der Waals surface area contributed by atoms with E-state index in [9.17, 15) is 14.7 Å². The van der Waals surface area contributed by atoms with E-state index >= 15 is 0 Å². The van der Waals surface area contributed by atoms with E-state index in [1.165, 1.54) is 0 Å². The predicted octanol–water partition coefficient (Wildman–Crippen LogP) is 1.15. The monoisotopic (exact) mass is 274 g/mol. The summed E-state index contributed by atoms with van der Waals surface area (Å²) in [6.45, 7) is 3.60. The zero-order valence-electron chi connectivity index (χ0n) is 11.5. The normalized spacial score (nSPS) is 22.1. The smallest absolute Gasteiger partial charge is 0.257 e. The van der Waals surface area contributed by atoms with Gasteiger partial charge in [-0.05, 0) is 25.5 Å². The van der Waals surface area contributed by atoms with Gasteiger partial charge in [0.05, 0.1) is 5.56 Å². The van der Waals surface area contributed by atoms with Crippen LogP contribution in [-0.2, 0) is 4.79 Å². The Bertz CT molecular complexity index is 570. The minimum Gasteiger partial charge on any atom is -0.507 e. The van der Waals surface area contributed by atoms with Gasteiger partial charge in [0.25, 0.3) is 5.91 Å². The van der Waals surface area contributed by atoms with Crippen LogP contribution < -0.4 is 0 Å². The summed E-state index contributed by atoms with van der Waals surface area (Å²) in [5, 5.41) is 9.85. The highest BCUT2D eigenvalue weighted by Gasteiger charge is 2.37. The molecule has 0 saturated carbocycles. The molecule has 0 radical (unpaired) electrons. The van der Waals surface area contributed by atoms with E-state index in [0.717, 1.165) is 12.0 Å². The summed E-state index contributed by atoms with van der Waals surface area (Å²) in [4.78, 5) is 27.8. The summed E-state index contributed by atoms with van der Waals surface area (Å²) in [6, 6.07) is 5.19. The van der Waals surface area contributed by atoms with Crippen LogP contribution in [0.3, 0.4) is 0 Å². The fourth-order valence-electron chi connectivity index (χ4n) is 3.04. The number of fused-ring (bicyclic) bond motifs is 1. The topological polar surface area (TPSA) is 60.9 Å². The van der Waals surface area contributed by atoms with E-state index in [4.69, 9.17) is 0 Å². The van der Waals surface area contributed by atoms with Crippen molar-refractivity contribution in [2.24, 2.45) is 0 Å². The predicted molar refractivity (Wildman–Crippen MR) is 73.5 cm³/mol. The highest BCUT2D eigenvalue weighted by Crippen LogP contribution is 2.26. The van der Waals surface area contributed by atoms with Gasteiger partial charge in [-0.25, -0.2) is 0 Å². The molecule has 1 N–H and O–H groups in total. The van der Waals surface area contributed by atoms with Crippen LogP contribution in [-0.4, -0.2) is 52.4 Å². The molecule has 20 heavy (non-hydrogen) atoms. The maximum atomic E-state index is 12.5. The first kappa shape index (κ1) is 13.0. The average Bonchev–Trinajstić information content (AvgIpc) is 2.82. The number of amides is 2. The van der Waals surface area contributed by atoms with Crippen molar-refractivity contribution in [3.63, 3.8) is 0 Å². The Kier molecular flexibility index (Phi) is 3.12. The van der Waals surface area contributed by atoms with E-state index in [0.29, 0.717) is 31.6 Å². The van der Waals surface area contributed by atoms with Crippen LogP contribution in [0, 0.1) is 6.92 Å². The largest absolute Gasteiger partial charge is 0.507 e. The standard InChI is InChI=1S/C15H18N2O3/c1-10-2-4-13(18)12(8-10)15(20)16-6-7-17-11(9-16)3-5-14(17)19/h2,4,8,11,18H,3,5-7,9H2,1H3/t11-/m1/s1. The van der Waals surface area contributed by atoms with Gasteiger partial charge in [0.1, 0.15) is 5.75 Å². The highest BCUT2D eigenvalue weighted by atomic mass is 16.3. The van der Waals surface area contributed by atoms with E-state index in [-0.39, 0.29) is 23.6 Å². The van der Waals surface area contributed by atoms with Gasteiger partial charge in [-0.1, -0.05) is 11.6 Å². The molecule has 5 nitrogen and oxygen atoms in total. The zero-order valence-corrected chi connectivity index (χ0v) is 11.5. The first-order valence-electron chi connectivity index (χ1n) is 6.94. The van der Waals surface area contributed by atoms with E-state index < -0.39 is 0 Å². The minimum atomic E-state index is -0.148. The lowest BCUT2D eigenvalue weighted by molar-refractivity contribution is -0.130. The summed E-state index contributed by atoms with van der Waals surface area (Å²) in [5.74, 6) is 0.0660. The van der Waals surface area contributed by atoms with Gasteiger partial charge in [-0.15, -0.1) is 0 Å². The maximum absolute atomic E-state index is 12.5. The Labute approximate surface area is 117 Å². The molecule has 3 rings (SSSR count).